The van der Waals surface area contributed by atoms with Crippen molar-refractivity contribution in [3.8, 4) is 17.6 Å². The van der Waals surface area contributed by atoms with E-state index in [-0.39, 0.29) is 40.8 Å². The minimum Gasteiger partial charge on any atom is -0.481 e. The largest absolute Gasteiger partial charge is 0.573 e. The number of methoxy groups -OCH3 is 1. The van der Waals surface area contributed by atoms with Gasteiger partial charge in [0.2, 0.25) is 5.28 Å². The number of aromatic nitrogens is 2. The van der Waals surface area contributed by atoms with E-state index in [1.54, 1.807) is 13.8 Å². The summed E-state index contributed by atoms with van der Waals surface area (Å²) in [7, 11) is 1.51. The van der Waals surface area contributed by atoms with Gasteiger partial charge in [-0.2, -0.15) is 0 Å². The molecule has 0 saturated heterocycles. The van der Waals surface area contributed by atoms with Gasteiger partial charge in [0.05, 0.1) is 5.92 Å². The van der Waals surface area contributed by atoms with Crippen LogP contribution in [0.5, 0.6) is 5.75 Å². The lowest BCUT2D eigenvalue weighted by Crippen LogP contribution is -2.34. The molecule has 12 heteroatoms. The highest BCUT2D eigenvalue weighted by Gasteiger charge is 2.31. The molecular weight excluding hydrogens is 539 g/mol. The Kier molecular flexibility index (Phi) is 9.91. The van der Waals surface area contributed by atoms with Crippen molar-refractivity contribution in [3.05, 3.63) is 46.5 Å². The van der Waals surface area contributed by atoms with E-state index >= 15 is 0 Å². The zero-order valence-corrected chi connectivity index (χ0v) is 22.7. The summed E-state index contributed by atoms with van der Waals surface area (Å²) < 4.78 is 48.1. The summed E-state index contributed by atoms with van der Waals surface area (Å²) in [5.74, 6) is 4.07. The van der Waals surface area contributed by atoms with Gasteiger partial charge < -0.3 is 24.5 Å². The van der Waals surface area contributed by atoms with Crippen LogP contribution in [-0.4, -0.2) is 52.2 Å². The zero-order chi connectivity index (χ0) is 28.8. The molecule has 1 fully saturated rings. The topological polar surface area (TPSA) is 103 Å². The Morgan fingerprint density at radius 3 is 2.38 bits per heavy atom. The van der Waals surface area contributed by atoms with Gasteiger partial charge in [-0.3, -0.25) is 9.59 Å². The molecule has 1 heterocycles. The molecule has 0 aliphatic heterocycles. The monoisotopic (exact) mass is 569 g/mol. The SMILES string of the molecule is COC(C)(C)C#Cc1nc(Cl)n(CCc2ccc(OC(F)(F)F)cc2)c1C(=O)NC[C@H]1CC[C@H](C(=O)O)CC1. The maximum absolute atomic E-state index is 13.4. The fourth-order valence-electron chi connectivity index (χ4n) is 4.24. The molecule has 0 bridgehead atoms. The van der Waals surface area contributed by atoms with Gasteiger partial charge in [-0.25, -0.2) is 4.98 Å². The molecule has 212 valence electrons. The fraction of sp³-hybridized carbons (Fsp3) is 0.519. The Bertz CT molecular complexity index is 1220. The Balaban J connectivity index is 1.78. The molecule has 1 aliphatic carbocycles. The molecule has 1 aliphatic rings. The molecule has 2 aromatic rings. The van der Waals surface area contributed by atoms with Gasteiger partial charge in [-0.05, 0) is 87.1 Å². The van der Waals surface area contributed by atoms with E-state index in [2.05, 4.69) is 26.9 Å². The Hall–Kier alpha value is -3.23. The second-order valence-corrected chi connectivity index (χ2v) is 10.2. The van der Waals surface area contributed by atoms with E-state index in [0.29, 0.717) is 44.2 Å². The lowest BCUT2D eigenvalue weighted by atomic mass is 9.82. The second-order valence-electron chi connectivity index (χ2n) is 9.90. The minimum absolute atomic E-state index is 0.0404. The molecular formula is C27H31ClF3N3O5. The van der Waals surface area contributed by atoms with Crippen LogP contribution in [0.3, 0.4) is 0 Å². The van der Waals surface area contributed by atoms with Crippen LogP contribution in [0.25, 0.3) is 0 Å². The smallest absolute Gasteiger partial charge is 0.481 e. The van der Waals surface area contributed by atoms with Crippen LogP contribution >= 0.6 is 11.6 Å². The lowest BCUT2D eigenvalue weighted by molar-refractivity contribution is -0.274. The molecule has 0 radical (unpaired) electrons. The van der Waals surface area contributed by atoms with Crippen molar-refractivity contribution in [1.82, 2.24) is 14.9 Å². The van der Waals surface area contributed by atoms with Crippen molar-refractivity contribution in [2.45, 2.75) is 64.5 Å². The molecule has 2 N–H and O–H groups in total. The maximum Gasteiger partial charge on any atom is 0.573 e. The summed E-state index contributed by atoms with van der Waals surface area (Å²) in [4.78, 5) is 28.9. The van der Waals surface area contributed by atoms with E-state index < -0.39 is 23.8 Å². The first-order chi connectivity index (χ1) is 18.3. The van der Waals surface area contributed by atoms with Crippen molar-refractivity contribution < 1.29 is 37.3 Å². The first-order valence-electron chi connectivity index (χ1n) is 12.5. The molecule has 1 aromatic carbocycles. The van der Waals surface area contributed by atoms with Gasteiger partial charge in [0.25, 0.3) is 5.91 Å². The fourth-order valence-corrected chi connectivity index (χ4v) is 4.49. The van der Waals surface area contributed by atoms with Gasteiger partial charge in [0.15, 0.2) is 0 Å². The number of hydrogen-bond donors (Lipinski definition) is 2. The van der Waals surface area contributed by atoms with Crippen LogP contribution in [-0.2, 0) is 22.5 Å². The van der Waals surface area contributed by atoms with Crippen LogP contribution < -0.4 is 10.1 Å². The molecule has 0 spiro atoms. The summed E-state index contributed by atoms with van der Waals surface area (Å²) in [5.41, 5.74) is 0.235. The third-order valence-electron chi connectivity index (χ3n) is 6.66. The van der Waals surface area contributed by atoms with E-state index in [1.807, 2.05) is 0 Å². The Morgan fingerprint density at radius 2 is 1.82 bits per heavy atom. The van der Waals surface area contributed by atoms with E-state index in [9.17, 15) is 27.9 Å². The average molecular weight is 570 g/mol. The van der Waals surface area contributed by atoms with Crippen molar-refractivity contribution in [1.29, 1.82) is 0 Å². The second kappa shape index (κ2) is 12.7. The molecule has 0 atom stereocenters. The normalized spacial score (nSPS) is 17.7. The standard InChI is InChI=1S/C27H31ClF3N3O5/c1-26(2,38-3)14-12-21-22(23(35)32-16-18-4-8-19(9-5-18)24(36)37)34(25(28)33-21)15-13-17-6-10-20(11-7-17)39-27(29,30)31/h6-7,10-11,18-19H,4-5,8-9,13,15-16H2,1-3H3,(H,32,35)(H,36,37)/t18-,19-. The molecule has 39 heavy (non-hydrogen) atoms. The van der Waals surface area contributed by atoms with Gasteiger partial charge >= 0.3 is 12.3 Å². The van der Waals surface area contributed by atoms with Crippen molar-refractivity contribution >= 4 is 23.5 Å². The minimum atomic E-state index is -4.78. The van der Waals surface area contributed by atoms with E-state index in [0.717, 1.165) is 0 Å². The number of halogens is 4. The van der Waals surface area contributed by atoms with Crippen LogP contribution in [0.2, 0.25) is 5.28 Å². The Labute approximate surface area is 229 Å². The first-order valence-corrected chi connectivity index (χ1v) is 12.9. The summed E-state index contributed by atoms with van der Waals surface area (Å²) >= 11 is 6.41. The van der Waals surface area contributed by atoms with Gasteiger partial charge in [0.1, 0.15) is 22.7 Å². The number of imidazole rings is 1. The quantitative estimate of drug-likeness (QED) is 0.409. The highest BCUT2D eigenvalue weighted by Crippen LogP contribution is 2.29. The molecule has 1 saturated carbocycles. The summed E-state index contributed by atoms with van der Waals surface area (Å²) in [6, 6.07) is 5.44. The van der Waals surface area contributed by atoms with Crippen LogP contribution in [0, 0.1) is 23.7 Å². The first kappa shape index (κ1) is 30.3. The number of nitrogens with one attached hydrogen (secondary N) is 1. The summed E-state index contributed by atoms with van der Waals surface area (Å²) in [5, 5.41) is 12.2. The van der Waals surface area contributed by atoms with Crippen molar-refractivity contribution in [2.75, 3.05) is 13.7 Å². The molecule has 3 rings (SSSR count). The molecule has 8 nitrogen and oxygen atoms in total. The predicted molar refractivity (Wildman–Crippen MR) is 137 cm³/mol. The van der Waals surface area contributed by atoms with Gasteiger partial charge in [0, 0.05) is 20.2 Å². The number of hydrogen-bond acceptors (Lipinski definition) is 5. The third-order valence-corrected chi connectivity index (χ3v) is 6.95. The number of alkyl halides is 3. The van der Waals surface area contributed by atoms with E-state index in [1.165, 1.54) is 35.9 Å². The number of ether oxygens (including phenoxy) is 2. The summed E-state index contributed by atoms with van der Waals surface area (Å²) in [6.07, 6.45) is -1.92. The molecule has 1 amide bonds. The number of nitrogens with zero attached hydrogens (tertiary/aromatic N) is 2. The predicted octanol–water partition coefficient (Wildman–Crippen LogP) is 5.08. The van der Waals surface area contributed by atoms with Crippen LogP contribution in [0.15, 0.2) is 24.3 Å². The maximum atomic E-state index is 13.4. The molecule has 0 unspecified atom stereocenters. The average Bonchev–Trinajstić information content (AvgIpc) is 3.20. The van der Waals surface area contributed by atoms with Gasteiger partial charge in [-0.1, -0.05) is 18.1 Å². The number of carboxylic acid groups (broad SMARTS) is 1. The zero-order valence-electron chi connectivity index (χ0n) is 21.9. The third kappa shape index (κ3) is 8.90. The number of rotatable bonds is 9. The lowest BCUT2D eigenvalue weighted by Gasteiger charge is -2.26. The van der Waals surface area contributed by atoms with Crippen LogP contribution in [0.1, 0.15) is 61.3 Å². The number of carbonyl (C=O) groups excluding carboxylic acids is 1. The Morgan fingerprint density at radius 1 is 1.18 bits per heavy atom. The van der Waals surface area contributed by atoms with E-state index in [4.69, 9.17) is 16.3 Å². The van der Waals surface area contributed by atoms with Crippen molar-refractivity contribution in [2.24, 2.45) is 11.8 Å². The number of amides is 1. The van der Waals surface area contributed by atoms with Crippen LogP contribution in [0.4, 0.5) is 13.2 Å². The van der Waals surface area contributed by atoms with Gasteiger partial charge in [-0.15, -0.1) is 13.2 Å². The highest BCUT2D eigenvalue weighted by molar-refractivity contribution is 6.29. The molecule has 1 aromatic heterocycles. The number of benzene rings is 1. The number of aliphatic carboxylic acids is 1. The number of carboxylic acids is 1. The highest BCUT2D eigenvalue weighted by atomic mass is 35.5. The number of aryl methyl sites for hydroxylation is 1. The van der Waals surface area contributed by atoms with Crippen molar-refractivity contribution in [3.63, 3.8) is 0 Å². The number of carbonyl (C=O) groups is 2. The summed E-state index contributed by atoms with van der Waals surface area (Å²) in [6.45, 7) is 4.11.